The van der Waals surface area contributed by atoms with Gasteiger partial charge in [0.15, 0.2) is 11.6 Å². The Morgan fingerprint density at radius 1 is 1.40 bits per heavy atom. The van der Waals surface area contributed by atoms with Gasteiger partial charge in [0.1, 0.15) is 12.4 Å². The average Bonchev–Trinajstić information content (AvgIpc) is 2.92. The summed E-state index contributed by atoms with van der Waals surface area (Å²) in [5.41, 5.74) is 0. The third-order valence-electron chi connectivity index (χ3n) is 2.94. The Labute approximate surface area is 122 Å². The van der Waals surface area contributed by atoms with Crippen molar-refractivity contribution in [1.82, 2.24) is 10.6 Å². The molecule has 2 N–H and O–H groups in total. The van der Waals surface area contributed by atoms with Gasteiger partial charge in [0.2, 0.25) is 5.91 Å². The number of nitrogens with one attached hydrogen (secondary N) is 2. The maximum Gasteiger partial charge on any atom is 0.237 e. The third-order valence-corrected chi connectivity index (χ3v) is 2.94. The summed E-state index contributed by atoms with van der Waals surface area (Å²) in [6.07, 6.45) is 1.85. The van der Waals surface area contributed by atoms with Crippen LogP contribution in [0.3, 0.4) is 0 Å². The molecule has 1 heterocycles. The fourth-order valence-electron chi connectivity index (χ4n) is 1.94. The maximum absolute atomic E-state index is 12.9. The highest BCUT2D eigenvalue weighted by Gasteiger charge is 2.21. The number of amides is 1. The van der Waals surface area contributed by atoms with Crippen molar-refractivity contribution in [2.24, 2.45) is 0 Å². The van der Waals surface area contributed by atoms with E-state index in [9.17, 15) is 13.6 Å². The van der Waals surface area contributed by atoms with E-state index in [0.29, 0.717) is 6.54 Å². The van der Waals surface area contributed by atoms with Crippen molar-refractivity contribution in [1.29, 1.82) is 0 Å². The number of carbonyl (C=O) groups is 1. The van der Waals surface area contributed by atoms with E-state index >= 15 is 0 Å². The van der Waals surface area contributed by atoms with E-state index in [1.54, 1.807) is 0 Å². The van der Waals surface area contributed by atoms with Crippen molar-refractivity contribution < 1.29 is 18.3 Å². The first-order chi connectivity index (χ1) is 9.16. The summed E-state index contributed by atoms with van der Waals surface area (Å²) in [5.74, 6) is -1.66. The number of hydrogen-bond donors (Lipinski definition) is 2. The Balaban J connectivity index is 0.00000200. The van der Waals surface area contributed by atoms with Crippen LogP contribution < -0.4 is 15.4 Å². The molecule has 1 aromatic rings. The molecule has 0 bridgehead atoms. The zero-order valence-corrected chi connectivity index (χ0v) is 11.6. The molecule has 1 amide bonds. The predicted molar refractivity (Wildman–Crippen MR) is 73.1 cm³/mol. The number of rotatable bonds is 5. The Morgan fingerprint density at radius 2 is 2.20 bits per heavy atom. The molecule has 1 aromatic carbocycles. The van der Waals surface area contributed by atoms with Crippen LogP contribution in [0.25, 0.3) is 0 Å². The number of ether oxygens (including phenoxy) is 1. The molecule has 0 saturated carbocycles. The van der Waals surface area contributed by atoms with Gasteiger partial charge >= 0.3 is 0 Å². The van der Waals surface area contributed by atoms with Gasteiger partial charge in [0.05, 0.1) is 12.6 Å². The fraction of sp³-hybridized carbons (Fsp3) is 0.462. The lowest BCUT2D eigenvalue weighted by atomic mass is 10.2. The highest BCUT2D eigenvalue weighted by atomic mass is 35.5. The van der Waals surface area contributed by atoms with Crippen molar-refractivity contribution >= 4 is 18.3 Å². The number of hydrogen-bond acceptors (Lipinski definition) is 3. The first-order valence-corrected chi connectivity index (χ1v) is 6.26. The molecule has 1 aliphatic rings. The van der Waals surface area contributed by atoms with Crippen LogP contribution in [-0.2, 0) is 4.79 Å². The second kappa shape index (κ2) is 8.01. The fourth-order valence-corrected chi connectivity index (χ4v) is 1.94. The molecule has 1 atom stereocenters. The monoisotopic (exact) mass is 306 g/mol. The number of halogens is 3. The zero-order valence-electron chi connectivity index (χ0n) is 10.8. The summed E-state index contributed by atoms with van der Waals surface area (Å²) in [4.78, 5) is 11.6. The molecule has 0 aromatic heterocycles. The van der Waals surface area contributed by atoms with Gasteiger partial charge in [-0.3, -0.25) is 4.79 Å². The number of benzene rings is 1. The largest absolute Gasteiger partial charge is 0.492 e. The lowest BCUT2D eigenvalue weighted by Gasteiger charge is -2.11. The predicted octanol–water partition coefficient (Wildman–Crippen LogP) is 1.63. The molecular weight excluding hydrogens is 290 g/mol. The van der Waals surface area contributed by atoms with Crippen LogP contribution in [0, 0.1) is 11.6 Å². The smallest absolute Gasteiger partial charge is 0.237 e. The van der Waals surface area contributed by atoms with E-state index in [0.717, 1.165) is 31.5 Å². The van der Waals surface area contributed by atoms with Crippen LogP contribution in [0.2, 0.25) is 0 Å². The topological polar surface area (TPSA) is 50.4 Å². The van der Waals surface area contributed by atoms with Crippen LogP contribution >= 0.6 is 12.4 Å². The average molecular weight is 307 g/mol. The lowest BCUT2D eigenvalue weighted by Crippen LogP contribution is -2.41. The van der Waals surface area contributed by atoms with Gasteiger partial charge in [-0.25, -0.2) is 8.78 Å². The van der Waals surface area contributed by atoms with Crippen LogP contribution in [0.15, 0.2) is 18.2 Å². The highest BCUT2D eigenvalue weighted by Crippen LogP contribution is 2.15. The molecule has 0 spiro atoms. The standard InChI is InChI=1S/C13H16F2N2O2.ClH/c14-10-4-3-9(8-11(10)15)19-7-6-17-13(18)12-2-1-5-16-12;/h3-4,8,12,16H,1-2,5-7H2,(H,17,18);1H. The van der Waals surface area contributed by atoms with Gasteiger partial charge in [0.25, 0.3) is 0 Å². The van der Waals surface area contributed by atoms with Crippen LogP contribution in [0.1, 0.15) is 12.8 Å². The molecular formula is C13H17ClF2N2O2. The van der Waals surface area contributed by atoms with Gasteiger partial charge < -0.3 is 15.4 Å². The van der Waals surface area contributed by atoms with Crippen LogP contribution in [-0.4, -0.2) is 31.6 Å². The summed E-state index contributed by atoms with van der Waals surface area (Å²) in [6.45, 7) is 1.41. The lowest BCUT2D eigenvalue weighted by molar-refractivity contribution is -0.122. The molecule has 1 saturated heterocycles. The summed E-state index contributed by atoms with van der Waals surface area (Å²) in [6, 6.07) is 3.21. The van der Waals surface area contributed by atoms with Crippen molar-refractivity contribution in [2.45, 2.75) is 18.9 Å². The minimum absolute atomic E-state index is 0. The Hall–Kier alpha value is -1.40. The normalized spacial score (nSPS) is 17.4. The van der Waals surface area contributed by atoms with Crippen LogP contribution in [0.5, 0.6) is 5.75 Å². The molecule has 1 unspecified atom stereocenters. The summed E-state index contributed by atoms with van der Waals surface area (Å²) < 4.78 is 30.8. The van der Waals surface area contributed by atoms with Gasteiger partial charge in [-0.15, -0.1) is 12.4 Å². The Kier molecular flexibility index (Phi) is 6.67. The van der Waals surface area contributed by atoms with E-state index < -0.39 is 11.6 Å². The highest BCUT2D eigenvalue weighted by molar-refractivity contribution is 5.85. The molecule has 0 aliphatic carbocycles. The van der Waals surface area contributed by atoms with Crippen molar-refractivity contribution in [3.05, 3.63) is 29.8 Å². The van der Waals surface area contributed by atoms with Gasteiger partial charge in [0, 0.05) is 6.07 Å². The SMILES string of the molecule is Cl.O=C(NCCOc1ccc(F)c(F)c1)C1CCCN1. The molecule has 20 heavy (non-hydrogen) atoms. The van der Waals surface area contributed by atoms with E-state index in [1.165, 1.54) is 6.07 Å². The summed E-state index contributed by atoms with van der Waals surface area (Å²) in [5, 5.41) is 5.81. The second-order valence-corrected chi connectivity index (χ2v) is 4.36. The molecule has 1 aliphatic heterocycles. The Bertz CT molecular complexity index is 454. The third kappa shape index (κ3) is 4.61. The van der Waals surface area contributed by atoms with E-state index in [1.807, 2.05) is 0 Å². The van der Waals surface area contributed by atoms with Crippen molar-refractivity contribution in [2.75, 3.05) is 19.7 Å². The molecule has 1 fully saturated rings. The zero-order chi connectivity index (χ0) is 13.7. The molecule has 0 radical (unpaired) electrons. The maximum atomic E-state index is 12.9. The summed E-state index contributed by atoms with van der Waals surface area (Å²) >= 11 is 0. The van der Waals surface area contributed by atoms with Crippen molar-refractivity contribution in [3.8, 4) is 5.75 Å². The van der Waals surface area contributed by atoms with Gasteiger partial charge in [-0.1, -0.05) is 0 Å². The van der Waals surface area contributed by atoms with E-state index in [-0.39, 0.29) is 36.7 Å². The second-order valence-electron chi connectivity index (χ2n) is 4.36. The molecule has 7 heteroatoms. The minimum atomic E-state index is -0.948. The van der Waals surface area contributed by atoms with Crippen molar-refractivity contribution in [3.63, 3.8) is 0 Å². The van der Waals surface area contributed by atoms with E-state index in [4.69, 9.17) is 4.74 Å². The van der Waals surface area contributed by atoms with Gasteiger partial charge in [-0.05, 0) is 31.5 Å². The molecule has 2 rings (SSSR count). The minimum Gasteiger partial charge on any atom is -0.492 e. The quantitative estimate of drug-likeness (QED) is 0.813. The summed E-state index contributed by atoms with van der Waals surface area (Å²) in [7, 11) is 0. The van der Waals surface area contributed by atoms with Crippen LogP contribution in [0.4, 0.5) is 8.78 Å². The molecule has 112 valence electrons. The van der Waals surface area contributed by atoms with Gasteiger partial charge in [-0.2, -0.15) is 0 Å². The molecule has 4 nitrogen and oxygen atoms in total. The number of carbonyl (C=O) groups excluding carboxylic acids is 1. The first kappa shape index (κ1) is 16.7. The van der Waals surface area contributed by atoms with E-state index in [2.05, 4.69) is 10.6 Å². The first-order valence-electron chi connectivity index (χ1n) is 6.26. The Morgan fingerprint density at radius 3 is 2.85 bits per heavy atom.